The third kappa shape index (κ3) is 3.99. The Bertz CT molecular complexity index is 1120. The molecule has 0 aromatic heterocycles. The lowest BCUT2D eigenvalue weighted by Crippen LogP contribution is -2.56. The van der Waals surface area contributed by atoms with Gasteiger partial charge in [0.1, 0.15) is 18.4 Å². The lowest BCUT2D eigenvalue weighted by atomic mass is 9.99. The second-order valence-corrected chi connectivity index (χ2v) is 7.94. The van der Waals surface area contributed by atoms with Crippen molar-refractivity contribution in [1.29, 1.82) is 0 Å². The number of rotatable bonds is 4. The fourth-order valence-corrected chi connectivity index (χ4v) is 3.83. The highest BCUT2D eigenvalue weighted by Crippen LogP contribution is 2.36. The van der Waals surface area contributed by atoms with Crippen LogP contribution in [-0.2, 0) is 9.59 Å². The Morgan fingerprint density at radius 1 is 0.935 bits per heavy atom. The molecule has 0 unspecified atom stereocenters. The van der Waals surface area contributed by atoms with Crippen LogP contribution in [0.3, 0.4) is 0 Å². The van der Waals surface area contributed by atoms with Crippen molar-refractivity contribution < 1.29 is 14.0 Å². The molecule has 1 fully saturated rings. The van der Waals surface area contributed by atoms with Crippen molar-refractivity contribution in [2.45, 2.75) is 6.04 Å². The summed E-state index contributed by atoms with van der Waals surface area (Å²) in [4.78, 5) is 31.5. The first-order valence-corrected chi connectivity index (χ1v) is 10.2. The summed E-state index contributed by atoms with van der Waals surface area (Å²) in [5.41, 5.74) is 2.24. The van der Waals surface area contributed by atoms with E-state index in [9.17, 15) is 14.0 Å². The van der Waals surface area contributed by atoms with Crippen molar-refractivity contribution in [2.24, 2.45) is 0 Å². The first-order chi connectivity index (χ1) is 14.9. The maximum atomic E-state index is 14.5. The van der Waals surface area contributed by atoms with Gasteiger partial charge in [-0.05, 0) is 54.1 Å². The molecule has 0 spiro atoms. The normalized spacial score (nSPS) is 16.6. The van der Waals surface area contributed by atoms with E-state index in [0.29, 0.717) is 16.3 Å². The predicted molar refractivity (Wildman–Crippen MR) is 121 cm³/mol. The molecule has 0 radical (unpaired) electrons. The van der Waals surface area contributed by atoms with Crippen LogP contribution in [0.4, 0.5) is 21.5 Å². The Kier molecular flexibility index (Phi) is 5.65. The number of carbonyl (C=O) groups is 2. The second kappa shape index (κ2) is 8.40. The van der Waals surface area contributed by atoms with Crippen LogP contribution in [0.15, 0.2) is 72.8 Å². The number of piperazine rings is 1. The van der Waals surface area contributed by atoms with Crippen molar-refractivity contribution >= 4 is 40.5 Å². The van der Waals surface area contributed by atoms with Crippen molar-refractivity contribution in [2.75, 3.05) is 35.3 Å². The molecule has 0 saturated carbocycles. The van der Waals surface area contributed by atoms with Gasteiger partial charge in [-0.1, -0.05) is 35.9 Å². The predicted octanol–water partition coefficient (Wildman–Crippen LogP) is 4.67. The van der Waals surface area contributed by atoms with Gasteiger partial charge in [0.05, 0.1) is 5.69 Å². The summed E-state index contributed by atoms with van der Waals surface area (Å²) >= 11 is 6.01. The molecule has 1 aliphatic heterocycles. The van der Waals surface area contributed by atoms with E-state index in [1.165, 1.54) is 21.9 Å². The molecule has 1 heterocycles. The largest absolute Gasteiger partial charge is 0.378 e. The molecule has 1 saturated heterocycles. The summed E-state index contributed by atoms with van der Waals surface area (Å²) in [5.74, 6) is -1.24. The van der Waals surface area contributed by atoms with Crippen molar-refractivity contribution in [1.82, 2.24) is 0 Å². The number of hydrogen-bond acceptors (Lipinski definition) is 3. The number of amides is 2. The van der Waals surface area contributed by atoms with Crippen LogP contribution in [0.25, 0.3) is 0 Å². The minimum Gasteiger partial charge on any atom is -0.378 e. The van der Waals surface area contributed by atoms with E-state index in [4.69, 9.17) is 11.6 Å². The molecular formula is C24H21ClFN3O2. The van der Waals surface area contributed by atoms with Crippen LogP contribution in [0.2, 0.25) is 5.02 Å². The first-order valence-electron chi connectivity index (χ1n) is 9.77. The topological polar surface area (TPSA) is 43.9 Å². The smallest absolute Gasteiger partial charge is 0.255 e. The Balaban J connectivity index is 1.81. The highest BCUT2D eigenvalue weighted by atomic mass is 35.5. The molecule has 1 aliphatic rings. The quantitative estimate of drug-likeness (QED) is 0.596. The number of hydrogen-bond donors (Lipinski definition) is 0. The molecule has 2 amide bonds. The lowest BCUT2D eigenvalue weighted by Gasteiger charge is -2.40. The number of halogens is 2. The van der Waals surface area contributed by atoms with Crippen LogP contribution in [-0.4, -0.2) is 32.5 Å². The van der Waals surface area contributed by atoms with Gasteiger partial charge in [0.2, 0.25) is 5.91 Å². The molecule has 31 heavy (non-hydrogen) atoms. The van der Waals surface area contributed by atoms with Gasteiger partial charge in [-0.15, -0.1) is 0 Å². The van der Waals surface area contributed by atoms with Gasteiger partial charge in [-0.3, -0.25) is 19.4 Å². The summed E-state index contributed by atoms with van der Waals surface area (Å²) in [5, 5.41) is 0.527. The number of benzene rings is 3. The summed E-state index contributed by atoms with van der Waals surface area (Å²) in [6.45, 7) is -0.255. The Morgan fingerprint density at radius 2 is 1.58 bits per heavy atom. The van der Waals surface area contributed by atoms with Gasteiger partial charge in [-0.2, -0.15) is 0 Å². The molecule has 0 N–H and O–H groups in total. The number of nitrogens with zero attached hydrogens (tertiary/aromatic N) is 3. The molecule has 5 nitrogen and oxygen atoms in total. The third-order valence-electron chi connectivity index (χ3n) is 5.29. The zero-order valence-electron chi connectivity index (χ0n) is 17.1. The molecule has 158 valence electrons. The summed E-state index contributed by atoms with van der Waals surface area (Å²) in [6, 6.07) is 19.2. The fraction of sp³-hybridized carbons (Fsp3) is 0.167. The second-order valence-electron chi connectivity index (χ2n) is 7.50. The van der Waals surface area contributed by atoms with Gasteiger partial charge in [-0.25, -0.2) is 4.39 Å². The minimum atomic E-state index is -0.932. The van der Waals surface area contributed by atoms with Gasteiger partial charge in [0.15, 0.2) is 0 Å². The summed E-state index contributed by atoms with van der Waals surface area (Å²) in [7, 11) is 3.84. The Labute approximate surface area is 185 Å². The van der Waals surface area contributed by atoms with Crippen LogP contribution < -0.4 is 14.7 Å². The zero-order valence-corrected chi connectivity index (χ0v) is 17.9. The Morgan fingerprint density at radius 3 is 2.19 bits per heavy atom. The van der Waals surface area contributed by atoms with E-state index in [1.54, 1.807) is 36.4 Å². The van der Waals surface area contributed by atoms with Gasteiger partial charge in [0, 0.05) is 30.5 Å². The van der Waals surface area contributed by atoms with Crippen molar-refractivity contribution in [3.05, 3.63) is 89.2 Å². The molecular weight excluding hydrogens is 417 g/mol. The van der Waals surface area contributed by atoms with Crippen LogP contribution in [0.5, 0.6) is 0 Å². The highest BCUT2D eigenvalue weighted by Gasteiger charge is 2.42. The molecule has 4 rings (SSSR count). The molecule has 0 aliphatic carbocycles. The van der Waals surface area contributed by atoms with E-state index >= 15 is 0 Å². The lowest BCUT2D eigenvalue weighted by molar-refractivity contribution is -0.128. The van der Waals surface area contributed by atoms with E-state index in [0.717, 1.165) is 5.69 Å². The molecule has 3 aromatic carbocycles. The molecule has 0 bridgehead atoms. The zero-order chi connectivity index (χ0) is 22.1. The molecule has 3 aromatic rings. The number of anilines is 3. The Hall–Kier alpha value is -3.38. The maximum absolute atomic E-state index is 14.5. The SMILES string of the molecule is CN(C)c1ccc([C@H]2C(=O)N(c3ccccc3F)CC(=O)N2c2ccc(Cl)cc2)cc1. The van der Waals surface area contributed by atoms with Gasteiger partial charge < -0.3 is 4.90 Å². The van der Waals surface area contributed by atoms with E-state index < -0.39 is 11.9 Å². The highest BCUT2D eigenvalue weighted by molar-refractivity contribution is 6.30. The van der Waals surface area contributed by atoms with Crippen LogP contribution >= 0.6 is 11.6 Å². The average Bonchev–Trinajstić information content (AvgIpc) is 2.76. The van der Waals surface area contributed by atoms with Crippen molar-refractivity contribution in [3.8, 4) is 0 Å². The average molecular weight is 438 g/mol. The summed E-state index contributed by atoms with van der Waals surface area (Å²) in [6.07, 6.45) is 0. The van der Waals surface area contributed by atoms with E-state index in [1.807, 2.05) is 43.3 Å². The number of para-hydroxylation sites is 1. The molecule has 7 heteroatoms. The fourth-order valence-electron chi connectivity index (χ4n) is 3.71. The van der Waals surface area contributed by atoms with Gasteiger partial charge in [0.25, 0.3) is 5.91 Å². The monoisotopic (exact) mass is 437 g/mol. The van der Waals surface area contributed by atoms with Crippen LogP contribution in [0.1, 0.15) is 11.6 Å². The summed E-state index contributed by atoms with van der Waals surface area (Å²) < 4.78 is 14.5. The van der Waals surface area contributed by atoms with E-state index in [2.05, 4.69) is 0 Å². The third-order valence-corrected chi connectivity index (χ3v) is 5.55. The number of carbonyl (C=O) groups excluding carboxylic acids is 2. The van der Waals surface area contributed by atoms with E-state index in [-0.39, 0.29) is 24.0 Å². The first kappa shape index (κ1) is 20.9. The minimum absolute atomic E-state index is 0.0894. The standard InChI is InChI=1S/C24H21ClFN3O2/c1-27(2)18-11-7-16(8-12-18)23-24(31)28(21-6-4-3-5-20(21)26)15-22(30)29(23)19-13-9-17(25)10-14-19/h3-14,23H,15H2,1-2H3/t23-/m0/s1. The molecule has 1 atom stereocenters. The van der Waals surface area contributed by atoms with Crippen LogP contribution in [0, 0.1) is 5.82 Å². The maximum Gasteiger partial charge on any atom is 0.255 e. The van der Waals surface area contributed by atoms with Gasteiger partial charge >= 0.3 is 0 Å². The van der Waals surface area contributed by atoms with Crippen molar-refractivity contribution in [3.63, 3.8) is 0 Å².